The van der Waals surface area contributed by atoms with Gasteiger partial charge in [0.15, 0.2) is 0 Å². The van der Waals surface area contributed by atoms with Gasteiger partial charge in [-0.05, 0) is 37.5 Å². The van der Waals surface area contributed by atoms with Gasteiger partial charge in [-0.15, -0.1) is 0 Å². The third-order valence-corrected chi connectivity index (χ3v) is 4.40. The molecule has 2 unspecified atom stereocenters. The molecule has 0 saturated heterocycles. The van der Waals surface area contributed by atoms with Crippen LogP contribution in [0.5, 0.6) is 0 Å². The summed E-state index contributed by atoms with van der Waals surface area (Å²) in [6.07, 6.45) is 2.68. The van der Waals surface area contributed by atoms with Gasteiger partial charge in [0, 0.05) is 29.5 Å². The molecule has 4 heteroatoms. The third-order valence-electron chi connectivity index (χ3n) is 3.90. The predicted octanol–water partition coefficient (Wildman–Crippen LogP) is 2.99. The summed E-state index contributed by atoms with van der Waals surface area (Å²) in [6, 6.07) is 5.74. The molecule has 1 amide bonds. The lowest BCUT2D eigenvalue weighted by atomic mass is 10.0. The Hall–Kier alpha value is -0.870. The van der Waals surface area contributed by atoms with Crippen molar-refractivity contribution >= 4 is 21.8 Å². The summed E-state index contributed by atoms with van der Waals surface area (Å²) < 4.78 is 0.913. The highest BCUT2D eigenvalue weighted by Crippen LogP contribution is 2.26. The lowest BCUT2D eigenvalue weighted by molar-refractivity contribution is 0.0693. The van der Waals surface area contributed by atoms with Crippen LogP contribution < -0.4 is 0 Å². The van der Waals surface area contributed by atoms with E-state index in [4.69, 9.17) is 0 Å². The van der Waals surface area contributed by atoms with E-state index in [1.807, 2.05) is 32.2 Å². The number of carbonyl (C=O) groups excluding carboxylic acids is 1. The second-order valence-electron chi connectivity index (χ2n) is 5.40. The molecule has 3 nitrogen and oxygen atoms in total. The fourth-order valence-electron chi connectivity index (χ4n) is 2.70. The summed E-state index contributed by atoms with van der Waals surface area (Å²) >= 11 is 3.40. The zero-order valence-corrected chi connectivity index (χ0v) is 13.0. The van der Waals surface area contributed by atoms with E-state index in [0.717, 1.165) is 34.9 Å². The van der Waals surface area contributed by atoms with Gasteiger partial charge in [-0.25, -0.2) is 0 Å². The van der Waals surface area contributed by atoms with E-state index in [1.165, 1.54) is 0 Å². The molecule has 2 atom stereocenters. The van der Waals surface area contributed by atoms with Crippen molar-refractivity contribution in [2.45, 2.75) is 32.3 Å². The number of hydrogen-bond acceptors (Lipinski definition) is 2. The van der Waals surface area contributed by atoms with Crippen molar-refractivity contribution in [3.8, 4) is 0 Å². The van der Waals surface area contributed by atoms with E-state index in [0.29, 0.717) is 6.54 Å². The highest BCUT2D eigenvalue weighted by Gasteiger charge is 2.28. The van der Waals surface area contributed by atoms with E-state index in [9.17, 15) is 9.90 Å². The molecule has 0 radical (unpaired) electrons. The lowest BCUT2D eigenvalue weighted by Crippen LogP contribution is -2.34. The molecule has 0 aromatic heterocycles. The maximum absolute atomic E-state index is 12.4. The molecule has 19 heavy (non-hydrogen) atoms. The average molecular weight is 326 g/mol. The van der Waals surface area contributed by atoms with Gasteiger partial charge >= 0.3 is 0 Å². The molecule has 0 aliphatic heterocycles. The second kappa shape index (κ2) is 6.06. The predicted molar refractivity (Wildman–Crippen MR) is 79.2 cm³/mol. The largest absolute Gasteiger partial charge is 0.393 e. The van der Waals surface area contributed by atoms with Crippen LogP contribution in [0.3, 0.4) is 0 Å². The number of benzene rings is 1. The molecule has 0 heterocycles. The summed E-state index contributed by atoms with van der Waals surface area (Å²) in [6.45, 7) is 2.57. The van der Waals surface area contributed by atoms with Crippen molar-refractivity contribution in [1.82, 2.24) is 4.90 Å². The van der Waals surface area contributed by atoms with Crippen LogP contribution in [-0.2, 0) is 0 Å². The SMILES string of the molecule is Cc1ccc(Br)cc1C(=O)N(C)CC1CCCC1O. The first-order valence-corrected chi connectivity index (χ1v) is 7.48. The molecular weight excluding hydrogens is 306 g/mol. The number of aryl methyl sites for hydroxylation is 1. The van der Waals surface area contributed by atoms with E-state index in [2.05, 4.69) is 15.9 Å². The van der Waals surface area contributed by atoms with Crippen molar-refractivity contribution in [3.05, 3.63) is 33.8 Å². The molecule has 104 valence electrons. The van der Waals surface area contributed by atoms with Crippen molar-refractivity contribution < 1.29 is 9.90 Å². The van der Waals surface area contributed by atoms with Crippen LogP contribution in [0, 0.1) is 12.8 Å². The minimum absolute atomic E-state index is 0.0258. The zero-order valence-electron chi connectivity index (χ0n) is 11.4. The van der Waals surface area contributed by atoms with Gasteiger partial charge in [-0.1, -0.05) is 28.4 Å². The number of halogens is 1. The Bertz CT molecular complexity index is 475. The van der Waals surface area contributed by atoms with Crippen LogP contribution in [-0.4, -0.2) is 35.6 Å². The van der Waals surface area contributed by atoms with Crippen LogP contribution in [0.2, 0.25) is 0 Å². The highest BCUT2D eigenvalue weighted by atomic mass is 79.9. The van der Waals surface area contributed by atoms with E-state index in [1.54, 1.807) is 4.90 Å². The molecule has 0 bridgehead atoms. The molecule has 1 aromatic carbocycles. The molecule has 1 N–H and O–H groups in total. The van der Waals surface area contributed by atoms with Crippen molar-refractivity contribution in [1.29, 1.82) is 0 Å². The van der Waals surface area contributed by atoms with Gasteiger partial charge in [-0.3, -0.25) is 4.79 Å². The van der Waals surface area contributed by atoms with Crippen LogP contribution in [0.4, 0.5) is 0 Å². The Morgan fingerprint density at radius 3 is 2.84 bits per heavy atom. The van der Waals surface area contributed by atoms with Gasteiger partial charge in [0.05, 0.1) is 6.10 Å². The van der Waals surface area contributed by atoms with Crippen LogP contribution >= 0.6 is 15.9 Å². The first-order chi connectivity index (χ1) is 8.99. The maximum atomic E-state index is 12.4. The highest BCUT2D eigenvalue weighted by molar-refractivity contribution is 9.10. The number of nitrogens with zero attached hydrogens (tertiary/aromatic N) is 1. The normalized spacial score (nSPS) is 22.5. The lowest BCUT2D eigenvalue weighted by Gasteiger charge is -2.24. The Balaban J connectivity index is 2.08. The average Bonchev–Trinajstić information content (AvgIpc) is 2.77. The number of rotatable bonds is 3. The van der Waals surface area contributed by atoms with Gasteiger partial charge in [0.25, 0.3) is 5.91 Å². The topological polar surface area (TPSA) is 40.5 Å². The van der Waals surface area contributed by atoms with Crippen LogP contribution in [0.15, 0.2) is 22.7 Å². The molecule has 2 rings (SSSR count). The summed E-state index contributed by atoms with van der Waals surface area (Å²) in [4.78, 5) is 14.2. The molecule has 1 fully saturated rings. The van der Waals surface area contributed by atoms with E-state index >= 15 is 0 Å². The quantitative estimate of drug-likeness (QED) is 0.928. The molecule has 1 aromatic rings. The monoisotopic (exact) mass is 325 g/mol. The summed E-state index contributed by atoms with van der Waals surface area (Å²) in [5.74, 6) is 0.249. The fraction of sp³-hybridized carbons (Fsp3) is 0.533. The number of aliphatic hydroxyl groups is 1. The van der Waals surface area contributed by atoms with Gasteiger partial charge in [0.2, 0.25) is 0 Å². The van der Waals surface area contributed by atoms with Crippen molar-refractivity contribution in [2.75, 3.05) is 13.6 Å². The number of aliphatic hydroxyl groups excluding tert-OH is 1. The molecule has 1 aliphatic carbocycles. The fourth-order valence-corrected chi connectivity index (χ4v) is 3.06. The molecule has 1 aliphatic rings. The van der Waals surface area contributed by atoms with Crippen molar-refractivity contribution in [2.24, 2.45) is 5.92 Å². The summed E-state index contributed by atoms with van der Waals surface area (Å²) in [5.41, 5.74) is 1.70. The van der Waals surface area contributed by atoms with Gasteiger partial charge in [0.1, 0.15) is 0 Å². The van der Waals surface area contributed by atoms with Gasteiger partial charge < -0.3 is 10.0 Å². The summed E-state index contributed by atoms with van der Waals surface area (Å²) in [7, 11) is 1.81. The second-order valence-corrected chi connectivity index (χ2v) is 6.32. The number of amides is 1. The van der Waals surface area contributed by atoms with E-state index < -0.39 is 0 Å². The van der Waals surface area contributed by atoms with E-state index in [-0.39, 0.29) is 17.9 Å². The molecule has 1 saturated carbocycles. The zero-order chi connectivity index (χ0) is 14.0. The third kappa shape index (κ3) is 3.37. The smallest absolute Gasteiger partial charge is 0.253 e. The standard InChI is InChI=1S/C15H20BrNO2/c1-10-6-7-12(16)8-13(10)15(19)17(2)9-11-4-3-5-14(11)18/h6-8,11,14,18H,3-5,9H2,1-2H3. The number of carbonyl (C=O) groups is 1. The maximum Gasteiger partial charge on any atom is 0.253 e. The first kappa shape index (κ1) is 14.5. The Morgan fingerprint density at radius 1 is 1.47 bits per heavy atom. The van der Waals surface area contributed by atoms with Crippen LogP contribution in [0.1, 0.15) is 35.2 Å². The molecular formula is C15H20BrNO2. The van der Waals surface area contributed by atoms with Crippen molar-refractivity contribution in [3.63, 3.8) is 0 Å². The number of hydrogen-bond donors (Lipinski definition) is 1. The van der Waals surface area contributed by atoms with Crippen LogP contribution in [0.25, 0.3) is 0 Å². The summed E-state index contributed by atoms with van der Waals surface area (Å²) in [5, 5.41) is 9.84. The van der Waals surface area contributed by atoms with Gasteiger partial charge in [-0.2, -0.15) is 0 Å². The Labute approximate surface area is 122 Å². The first-order valence-electron chi connectivity index (χ1n) is 6.68. The minimum Gasteiger partial charge on any atom is -0.393 e. The Morgan fingerprint density at radius 2 is 2.21 bits per heavy atom. The molecule has 0 spiro atoms. The minimum atomic E-state index is -0.251. The Kier molecular flexibility index (Phi) is 4.63.